The van der Waals surface area contributed by atoms with E-state index in [0.717, 1.165) is 6.54 Å². The molecule has 0 radical (unpaired) electrons. The number of rotatable bonds is 5. The third-order valence-corrected chi connectivity index (χ3v) is 3.81. The molecule has 0 aliphatic carbocycles. The summed E-state index contributed by atoms with van der Waals surface area (Å²) < 4.78 is 13.0. The molecule has 1 N–H and O–H groups in total. The zero-order valence-corrected chi connectivity index (χ0v) is 12.3. The van der Waals surface area contributed by atoms with Crippen molar-refractivity contribution in [1.82, 2.24) is 10.2 Å². The van der Waals surface area contributed by atoms with Crippen molar-refractivity contribution in [2.45, 2.75) is 26.7 Å². The summed E-state index contributed by atoms with van der Waals surface area (Å²) in [5.41, 5.74) is 1.23. The number of hydrogen-bond acceptors (Lipinski definition) is 2. The van der Waals surface area contributed by atoms with Crippen LogP contribution < -0.4 is 5.32 Å². The molecule has 1 aromatic rings. The van der Waals surface area contributed by atoms with Crippen LogP contribution in [0.5, 0.6) is 0 Å². The highest BCUT2D eigenvalue weighted by atomic mass is 19.1. The van der Waals surface area contributed by atoms with Crippen LogP contribution in [0, 0.1) is 18.7 Å². The quantitative estimate of drug-likeness (QED) is 0.898. The molecule has 1 heterocycles. The van der Waals surface area contributed by atoms with E-state index in [9.17, 15) is 9.18 Å². The highest BCUT2D eigenvalue weighted by Crippen LogP contribution is 2.11. The molecule has 4 heteroatoms. The summed E-state index contributed by atoms with van der Waals surface area (Å²) in [6.07, 6.45) is 2.57. The van der Waals surface area contributed by atoms with E-state index < -0.39 is 0 Å². The first-order valence-electron chi connectivity index (χ1n) is 7.33. The number of aryl methyl sites for hydroxylation is 1. The van der Waals surface area contributed by atoms with E-state index in [4.69, 9.17) is 0 Å². The fourth-order valence-corrected chi connectivity index (χ4v) is 2.71. The Labute approximate surface area is 120 Å². The summed E-state index contributed by atoms with van der Waals surface area (Å²) in [5.74, 6) is 0.00929. The van der Waals surface area contributed by atoms with Gasteiger partial charge >= 0.3 is 0 Å². The molecule has 1 aliphatic rings. The second kappa shape index (κ2) is 6.84. The lowest BCUT2D eigenvalue weighted by atomic mass is 10.1. The van der Waals surface area contributed by atoms with Gasteiger partial charge in [0.25, 0.3) is 5.91 Å². The molecule has 1 aliphatic heterocycles. The van der Waals surface area contributed by atoms with E-state index in [0.29, 0.717) is 23.6 Å². The topological polar surface area (TPSA) is 32.3 Å². The average molecular weight is 278 g/mol. The molecule has 0 aromatic heterocycles. The molecule has 1 unspecified atom stereocenters. The average Bonchev–Trinajstić information content (AvgIpc) is 2.89. The lowest BCUT2D eigenvalue weighted by Gasteiger charge is -2.20. The van der Waals surface area contributed by atoms with Gasteiger partial charge in [0.05, 0.1) is 0 Å². The van der Waals surface area contributed by atoms with E-state index in [1.165, 1.54) is 38.1 Å². The Morgan fingerprint density at radius 1 is 1.40 bits per heavy atom. The minimum Gasteiger partial charge on any atom is -0.352 e. The lowest BCUT2D eigenvalue weighted by Crippen LogP contribution is -2.34. The van der Waals surface area contributed by atoms with Crippen LogP contribution in [0.1, 0.15) is 35.7 Å². The molecule has 0 bridgehead atoms. The number of halogens is 1. The monoisotopic (exact) mass is 278 g/mol. The molecule has 1 amide bonds. The second-order valence-corrected chi connectivity index (χ2v) is 5.78. The van der Waals surface area contributed by atoms with Crippen molar-refractivity contribution in [1.29, 1.82) is 0 Å². The van der Waals surface area contributed by atoms with Crippen LogP contribution in [-0.2, 0) is 0 Å². The molecular formula is C16H23FN2O. The molecule has 1 aromatic carbocycles. The Balaban J connectivity index is 1.81. The number of amides is 1. The van der Waals surface area contributed by atoms with Gasteiger partial charge in [0.2, 0.25) is 0 Å². The molecule has 2 rings (SSSR count). The predicted molar refractivity (Wildman–Crippen MR) is 78.3 cm³/mol. The summed E-state index contributed by atoms with van der Waals surface area (Å²) in [6, 6.07) is 4.27. The van der Waals surface area contributed by atoms with Crippen molar-refractivity contribution in [2.75, 3.05) is 26.2 Å². The van der Waals surface area contributed by atoms with Crippen molar-refractivity contribution in [3.05, 3.63) is 35.1 Å². The van der Waals surface area contributed by atoms with Crippen molar-refractivity contribution in [3.63, 3.8) is 0 Å². The summed E-state index contributed by atoms with van der Waals surface area (Å²) in [4.78, 5) is 14.5. The van der Waals surface area contributed by atoms with Gasteiger partial charge in [-0.05, 0) is 62.5 Å². The van der Waals surface area contributed by atoms with Crippen LogP contribution >= 0.6 is 0 Å². The van der Waals surface area contributed by atoms with Gasteiger partial charge in [-0.15, -0.1) is 0 Å². The summed E-state index contributed by atoms with van der Waals surface area (Å²) in [5, 5.41) is 2.94. The first kappa shape index (κ1) is 15.0. The summed E-state index contributed by atoms with van der Waals surface area (Å²) in [7, 11) is 0. The van der Waals surface area contributed by atoms with E-state index in [2.05, 4.69) is 17.1 Å². The summed E-state index contributed by atoms with van der Waals surface area (Å²) >= 11 is 0. The normalized spacial score (nSPS) is 17.1. The van der Waals surface area contributed by atoms with Gasteiger partial charge in [0, 0.05) is 18.7 Å². The predicted octanol–water partition coefficient (Wildman–Crippen LogP) is 2.60. The number of likely N-dealkylation sites (tertiary alicyclic amines) is 1. The highest BCUT2D eigenvalue weighted by molar-refractivity contribution is 5.95. The van der Waals surface area contributed by atoms with Crippen LogP contribution in [0.4, 0.5) is 4.39 Å². The number of carbonyl (C=O) groups is 1. The van der Waals surface area contributed by atoms with Crippen LogP contribution in [0.3, 0.4) is 0 Å². The maximum absolute atomic E-state index is 13.0. The maximum Gasteiger partial charge on any atom is 0.251 e. The van der Waals surface area contributed by atoms with Gasteiger partial charge < -0.3 is 10.2 Å². The van der Waals surface area contributed by atoms with Crippen molar-refractivity contribution in [2.24, 2.45) is 5.92 Å². The first-order valence-corrected chi connectivity index (χ1v) is 7.33. The highest BCUT2D eigenvalue weighted by Gasteiger charge is 2.16. The van der Waals surface area contributed by atoms with E-state index >= 15 is 0 Å². The fourth-order valence-electron chi connectivity index (χ4n) is 2.71. The van der Waals surface area contributed by atoms with Crippen LogP contribution in [0.15, 0.2) is 18.2 Å². The molecule has 1 saturated heterocycles. The molecular weight excluding hydrogens is 255 g/mol. The van der Waals surface area contributed by atoms with Gasteiger partial charge in [-0.25, -0.2) is 4.39 Å². The zero-order valence-electron chi connectivity index (χ0n) is 12.3. The number of nitrogens with zero attached hydrogens (tertiary/aromatic N) is 1. The summed E-state index contributed by atoms with van der Waals surface area (Å²) in [6.45, 7) is 7.95. The smallest absolute Gasteiger partial charge is 0.251 e. The number of carbonyl (C=O) groups excluding carboxylic acids is 1. The largest absolute Gasteiger partial charge is 0.352 e. The number of benzene rings is 1. The lowest BCUT2D eigenvalue weighted by molar-refractivity contribution is 0.0944. The van der Waals surface area contributed by atoms with Gasteiger partial charge in [0.1, 0.15) is 5.82 Å². The fraction of sp³-hybridized carbons (Fsp3) is 0.562. The van der Waals surface area contributed by atoms with E-state index in [-0.39, 0.29) is 11.7 Å². The Morgan fingerprint density at radius 2 is 2.10 bits per heavy atom. The first-order chi connectivity index (χ1) is 9.56. The minimum atomic E-state index is -0.304. The van der Waals surface area contributed by atoms with Crippen LogP contribution in [-0.4, -0.2) is 37.0 Å². The third kappa shape index (κ3) is 4.04. The molecule has 1 fully saturated rings. The molecule has 0 saturated carbocycles. The molecule has 0 spiro atoms. The van der Waals surface area contributed by atoms with Crippen LogP contribution in [0.25, 0.3) is 0 Å². The molecule has 110 valence electrons. The standard InChI is InChI=1S/C16H23FN2O/c1-12(11-19-7-3-4-8-19)10-18-16(20)15-6-5-14(17)9-13(15)2/h5-6,9,12H,3-4,7-8,10-11H2,1-2H3,(H,18,20). The zero-order chi connectivity index (χ0) is 14.5. The van der Waals surface area contributed by atoms with Gasteiger partial charge in [0.15, 0.2) is 0 Å². The SMILES string of the molecule is Cc1cc(F)ccc1C(=O)NCC(C)CN1CCCC1. The van der Waals surface area contributed by atoms with Crippen molar-refractivity contribution in [3.8, 4) is 0 Å². The van der Waals surface area contributed by atoms with Gasteiger partial charge in [-0.1, -0.05) is 6.92 Å². The number of hydrogen-bond donors (Lipinski definition) is 1. The van der Waals surface area contributed by atoms with E-state index in [1.807, 2.05) is 0 Å². The van der Waals surface area contributed by atoms with Gasteiger partial charge in [-0.2, -0.15) is 0 Å². The Kier molecular flexibility index (Phi) is 5.12. The maximum atomic E-state index is 13.0. The molecule has 1 atom stereocenters. The van der Waals surface area contributed by atoms with E-state index in [1.54, 1.807) is 13.0 Å². The molecule has 3 nitrogen and oxygen atoms in total. The third-order valence-electron chi connectivity index (χ3n) is 3.81. The van der Waals surface area contributed by atoms with Crippen LogP contribution in [0.2, 0.25) is 0 Å². The second-order valence-electron chi connectivity index (χ2n) is 5.78. The van der Waals surface area contributed by atoms with Crippen molar-refractivity contribution < 1.29 is 9.18 Å². The molecule has 20 heavy (non-hydrogen) atoms. The Morgan fingerprint density at radius 3 is 2.75 bits per heavy atom. The van der Waals surface area contributed by atoms with Crippen molar-refractivity contribution >= 4 is 5.91 Å². The number of nitrogens with one attached hydrogen (secondary N) is 1. The Bertz CT molecular complexity index is 470. The van der Waals surface area contributed by atoms with Gasteiger partial charge in [-0.3, -0.25) is 4.79 Å². The minimum absolute atomic E-state index is 0.115. The Hall–Kier alpha value is -1.42.